The molecule has 4 N–H and O–H groups in total. The molecule has 0 aliphatic carbocycles. The summed E-state index contributed by atoms with van der Waals surface area (Å²) in [5, 5.41) is 4.60. The number of fused-ring (bicyclic) bond motifs is 1. The molecule has 1 unspecified atom stereocenters. The lowest BCUT2D eigenvalue weighted by Crippen LogP contribution is -2.31. The molecule has 168 valence electrons. The highest BCUT2D eigenvalue weighted by Crippen LogP contribution is 2.29. The lowest BCUT2D eigenvalue weighted by atomic mass is 10.1. The van der Waals surface area contributed by atoms with Crippen LogP contribution in [0.15, 0.2) is 59.8 Å². The topological polar surface area (TPSA) is 116 Å². The molecule has 4 aromatic rings. The van der Waals surface area contributed by atoms with Crippen molar-refractivity contribution in [3.63, 3.8) is 0 Å². The van der Waals surface area contributed by atoms with Crippen LogP contribution in [0.3, 0.4) is 0 Å². The smallest absolute Gasteiger partial charge is 0.259 e. The van der Waals surface area contributed by atoms with Crippen LogP contribution in [0.4, 0.5) is 23.1 Å². The van der Waals surface area contributed by atoms with E-state index in [9.17, 15) is 4.79 Å². The van der Waals surface area contributed by atoms with Gasteiger partial charge in [-0.1, -0.05) is 0 Å². The normalized spacial score (nSPS) is 16.0. The van der Waals surface area contributed by atoms with Crippen molar-refractivity contribution in [2.45, 2.75) is 12.5 Å². The average molecular weight is 443 g/mol. The summed E-state index contributed by atoms with van der Waals surface area (Å²) in [5.41, 5.74) is 8.83. The zero-order valence-corrected chi connectivity index (χ0v) is 18.6. The minimum absolute atomic E-state index is 0.198. The molecule has 1 saturated heterocycles. The van der Waals surface area contributed by atoms with Crippen LogP contribution < -0.4 is 21.5 Å². The maximum atomic E-state index is 12.6. The van der Waals surface area contributed by atoms with Crippen molar-refractivity contribution in [2.75, 3.05) is 43.1 Å². The summed E-state index contributed by atoms with van der Waals surface area (Å²) >= 11 is 0. The fraction of sp³-hybridized carbons (Fsp3) is 0.250. The van der Waals surface area contributed by atoms with E-state index in [0.717, 1.165) is 30.6 Å². The fourth-order valence-corrected chi connectivity index (χ4v) is 4.21. The SMILES string of the molecule is CN(C)C1CCN(c2ccc(Nc3nc(-c4cnc(N)nc4)cc4cc[nH]c(=O)c34)cc2)C1. The van der Waals surface area contributed by atoms with Gasteiger partial charge >= 0.3 is 0 Å². The van der Waals surface area contributed by atoms with Crippen molar-refractivity contribution in [2.24, 2.45) is 0 Å². The summed E-state index contributed by atoms with van der Waals surface area (Å²) < 4.78 is 0. The van der Waals surface area contributed by atoms with E-state index in [2.05, 4.69) is 56.3 Å². The highest BCUT2D eigenvalue weighted by atomic mass is 16.1. The Morgan fingerprint density at radius 1 is 1.15 bits per heavy atom. The lowest BCUT2D eigenvalue weighted by Gasteiger charge is -2.22. The summed E-state index contributed by atoms with van der Waals surface area (Å²) in [6.45, 7) is 2.07. The number of nitrogen functional groups attached to an aromatic ring is 1. The van der Waals surface area contributed by atoms with E-state index >= 15 is 0 Å². The first kappa shape index (κ1) is 20.9. The van der Waals surface area contributed by atoms with Crippen molar-refractivity contribution in [3.05, 3.63) is 65.3 Å². The van der Waals surface area contributed by atoms with Gasteiger partial charge in [0.15, 0.2) is 0 Å². The molecule has 0 spiro atoms. The molecule has 9 nitrogen and oxygen atoms in total. The van der Waals surface area contributed by atoms with Crippen LogP contribution in [0, 0.1) is 0 Å². The van der Waals surface area contributed by atoms with E-state index < -0.39 is 0 Å². The van der Waals surface area contributed by atoms with E-state index in [1.165, 1.54) is 5.69 Å². The number of aromatic nitrogens is 4. The van der Waals surface area contributed by atoms with Gasteiger partial charge in [0, 0.05) is 54.7 Å². The second-order valence-corrected chi connectivity index (χ2v) is 8.48. The molecule has 0 bridgehead atoms. The molecular weight excluding hydrogens is 416 g/mol. The molecule has 0 radical (unpaired) electrons. The number of H-pyrrole nitrogens is 1. The van der Waals surface area contributed by atoms with Crippen molar-refractivity contribution in [1.29, 1.82) is 0 Å². The van der Waals surface area contributed by atoms with Crippen LogP contribution in [0.2, 0.25) is 0 Å². The summed E-state index contributed by atoms with van der Waals surface area (Å²) in [7, 11) is 4.26. The van der Waals surface area contributed by atoms with E-state index in [4.69, 9.17) is 10.7 Å². The van der Waals surface area contributed by atoms with E-state index in [0.29, 0.717) is 28.5 Å². The molecule has 1 aromatic carbocycles. The number of hydrogen-bond donors (Lipinski definition) is 3. The summed E-state index contributed by atoms with van der Waals surface area (Å²) in [5.74, 6) is 0.673. The Hall–Kier alpha value is -3.98. The number of pyridine rings is 2. The van der Waals surface area contributed by atoms with Crippen molar-refractivity contribution in [1.82, 2.24) is 24.8 Å². The monoisotopic (exact) mass is 442 g/mol. The van der Waals surface area contributed by atoms with Crippen LogP contribution in [0.1, 0.15) is 6.42 Å². The second-order valence-electron chi connectivity index (χ2n) is 8.48. The molecule has 1 atom stereocenters. The first-order valence-electron chi connectivity index (χ1n) is 10.9. The third-order valence-electron chi connectivity index (χ3n) is 6.11. The molecule has 1 aliphatic heterocycles. The van der Waals surface area contributed by atoms with Crippen molar-refractivity contribution >= 4 is 33.9 Å². The van der Waals surface area contributed by atoms with Crippen LogP contribution in [-0.2, 0) is 0 Å². The lowest BCUT2D eigenvalue weighted by molar-refractivity contribution is 0.315. The Balaban J connectivity index is 1.47. The summed E-state index contributed by atoms with van der Waals surface area (Å²) in [6.07, 6.45) is 6.04. The zero-order chi connectivity index (χ0) is 22.9. The molecule has 33 heavy (non-hydrogen) atoms. The van der Waals surface area contributed by atoms with Gasteiger partial charge in [-0.25, -0.2) is 15.0 Å². The quantitative estimate of drug-likeness (QED) is 0.432. The Morgan fingerprint density at radius 2 is 1.91 bits per heavy atom. The molecule has 0 saturated carbocycles. The average Bonchev–Trinajstić information content (AvgIpc) is 3.31. The maximum Gasteiger partial charge on any atom is 0.259 e. The molecule has 4 heterocycles. The van der Waals surface area contributed by atoms with Gasteiger partial charge in [0.2, 0.25) is 5.95 Å². The number of likely N-dealkylation sites (N-methyl/N-ethyl adjacent to an activating group) is 1. The Labute approximate surface area is 191 Å². The predicted octanol–water partition coefficient (Wildman–Crippen LogP) is 2.85. The van der Waals surface area contributed by atoms with Gasteiger partial charge in [-0.15, -0.1) is 0 Å². The Bertz CT molecular complexity index is 1330. The van der Waals surface area contributed by atoms with Gasteiger partial charge in [-0.2, -0.15) is 0 Å². The Kier molecular flexibility index (Phi) is 5.39. The molecule has 1 fully saturated rings. The highest BCUT2D eigenvalue weighted by molar-refractivity contribution is 5.95. The maximum absolute atomic E-state index is 12.6. The predicted molar refractivity (Wildman–Crippen MR) is 132 cm³/mol. The first-order chi connectivity index (χ1) is 16.0. The number of benzene rings is 1. The number of hydrogen-bond acceptors (Lipinski definition) is 8. The van der Waals surface area contributed by atoms with Crippen LogP contribution >= 0.6 is 0 Å². The molecule has 5 rings (SSSR count). The van der Waals surface area contributed by atoms with Crippen LogP contribution in [-0.4, -0.2) is 58.1 Å². The first-order valence-corrected chi connectivity index (χ1v) is 10.9. The minimum atomic E-state index is -0.203. The van der Waals surface area contributed by atoms with Crippen molar-refractivity contribution in [3.8, 4) is 11.3 Å². The van der Waals surface area contributed by atoms with Crippen LogP contribution in [0.25, 0.3) is 22.0 Å². The third-order valence-corrected chi connectivity index (χ3v) is 6.11. The van der Waals surface area contributed by atoms with Gasteiger partial charge in [-0.3, -0.25) is 4.79 Å². The molecule has 0 amide bonds. The number of aromatic amines is 1. The zero-order valence-electron chi connectivity index (χ0n) is 18.6. The summed E-state index contributed by atoms with van der Waals surface area (Å²) in [4.78, 5) is 32.9. The number of rotatable bonds is 5. The van der Waals surface area contributed by atoms with Gasteiger partial charge in [0.1, 0.15) is 5.82 Å². The highest BCUT2D eigenvalue weighted by Gasteiger charge is 2.24. The summed E-state index contributed by atoms with van der Waals surface area (Å²) in [6, 6.07) is 12.5. The fourth-order valence-electron chi connectivity index (χ4n) is 4.21. The number of nitrogens with zero attached hydrogens (tertiary/aromatic N) is 5. The number of anilines is 4. The molecule has 9 heteroatoms. The molecule has 3 aromatic heterocycles. The van der Waals surface area contributed by atoms with Gasteiger partial charge in [0.25, 0.3) is 5.56 Å². The number of nitrogens with two attached hydrogens (primary N) is 1. The van der Waals surface area contributed by atoms with Gasteiger partial charge in [0.05, 0.1) is 11.1 Å². The largest absolute Gasteiger partial charge is 0.370 e. The van der Waals surface area contributed by atoms with Crippen molar-refractivity contribution < 1.29 is 0 Å². The van der Waals surface area contributed by atoms with E-state index in [1.54, 1.807) is 18.6 Å². The second kappa shape index (κ2) is 8.51. The molecular formula is C24H26N8O. The van der Waals surface area contributed by atoms with E-state index in [1.807, 2.05) is 24.3 Å². The Morgan fingerprint density at radius 3 is 2.61 bits per heavy atom. The molecule has 1 aliphatic rings. The third kappa shape index (κ3) is 4.22. The van der Waals surface area contributed by atoms with Gasteiger partial charge in [-0.05, 0) is 62.3 Å². The van der Waals surface area contributed by atoms with Gasteiger partial charge < -0.3 is 25.8 Å². The van der Waals surface area contributed by atoms with E-state index in [-0.39, 0.29) is 11.5 Å². The number of nitrogens with one attached hydrogen (secondary N) is 2. The van der Waals surface area contributed by atoms with Crippen LogP contribution in [0.5, 0.6) is 0 Å². The minimum Gasteiger partial charge on any atom is -0.370 e. The standard InChI is InChI=1S/C24H26N8O/c1-31(2)19-8-10-32(14-19)18-5-3-17(4-6-18)29-22-21-15(7-9-26-23(21)33)11-20(30-22)16-12-27-24(25)28-13-16/h3-7,9,11-13,19H,8,10,14H2,1-2H3,(H,26,33)(H,29,30)(H2,25,27,28).